The molecule has 1 atom stereocenters. The van der Waals surface area contributed by atoms with Crippen molar-refractivity contribution in [2.75, 3.05) is 20.3 Å². The largest absolute Gasteiger partial charge is 0.469 e. The number of aromatic nitrogens is 3. The van der Waals surface area contributed by atoms with Crippen molar-refractivity contribution in [3.05, 3.63) is 35.0 Å². The number of aryl methyl sites for hydroxylation is 1. The summed E-state index contributed by atoms with van der Waals surface area (Å²) in [7, 11) is 1.65. The highest BCUT2D eigenvalue weighted by molar-refractivity contribution is 5.95. The maximum Gasteiger partial charge on any atom is 0.258 e. The summed E-state index contributed by atoms with van der Waals surface area (Å²) in [6.45, 7) is 3.80. The molecular weight excluding hydrogens is 308 g/mol. The van der Waals surface area contributed by atoms with E-state index in [1.807, 2.05) is 9.58 Å². The minimum Gasteiger partial charge on any atom is -0.469 e. The molecule has 2 aromatic heterocycles. The molecule has 0 unspecified atom stereocenters. The third kappa shape index (κ3) is 2.62. The lowest BCUT2D eigenvalue weighted by Crippen LogP contribution is -2.42. The van der Waals surface area contributed by atoms with Gasteiger partial charge in [-0.25, -0.2) is 4.68 Å². The van der Waals surface area contributed by atoms with E-state index in [2.05, 4.69) is 10.3 Å². The molecule has 2 aromatic rings. The molecule has 1 amide bonds. The SMILES string of the molecule is COC[C@H]1c2nnn(CC3CC3)c2CCN1C(=O)c1ccoc1C. The van der Waals surface area contributed by atoms with E-state index < -0.39 is 0 Å². The number of rotatable bonds is 5. The van der Waals surface area contributed by atoms with Gasteiger partial charge in [0.15, 0.2) is 0 Å². The average Bonchev–Trinajstić information content (AvgIpc) is 3.14. The summed E-state index contributed by atoms with van der Waals surface area (Å²) in [5, 5.41) is 8.73. The first-order chi connectivity index (χ1) is 11.7. The van der Waals surface area contributed by atoms with Crippen LogP contribution in [0.5, 0.6) is 0 Å². The fourth-order valence-corrected chi connectivity index (χ4v) is 3.42. The van der Waals surface area contributed by atoms with E-state index in [9.17, 15) is 4.79 Å². The highest BCUT2D eigenvalue weighted by Crippen LogP contribution is 2.34. The minimum atomic E-state index is -0.200. The lowest BCUT2D eigenvalue weighted by Gasteiger charge is -2.34. The van der Waals surface area contributed by atoms with Crippen molar-refractivity contribution in [1.82, 2.24) is 19.9 Å². The second-order valence-electron chi connectivity index (χ2n) is 6.66. The molecule has 4 rings (SSSR count). The number of furan rings is 1. The van der Waals surface area contributed by atoms with Crippen LogP contribution in [-0.4, -0.2) is 46.1 Å². The maximum atomic E-state index is 12.9. The Labute approximate surface area is 140 Å². The summed E-state index contributed by atoms with van der Waals surface area (Å²) in [6.07, 6.45) is 4.88. The molecule has 7 nitrogen and oxygen atoms in total. The topological polar surface area (TPSA) is 73.4 Å². The van der Waals surface area contributed by atoms with Gasteiger partial charge in [0.05, 0.1) is 24.1 Å². The molecule has 24 heavy (non-hydrogen) atoms. The van der Waals surface area contributed by atoms with Gasteiger partial charge in [-0.1, -0.05) is 5.21 Å². The van der Waals surface area contributed by atoms with E-state index >= 15 is 0 Å². The van der Waals surface area contributed by atoms with Crippen molar-refractivity contribution in [3.8, 4) is 0 Å². The fourth-order valence-electron chi connectivity index (χ4n) is 3.42. The number of carbonyl (C=O) groups is 1. The van der Waals surface area contributed by atoms with E-state index in [0.29, 0.717) is 24.5 Å². The van der Waals surface area contributed by atoms with Gasteiger partial charge in [0.1, 0.15) is 17.5 Å². The Morgan fingerprint density at radius 2 is 2.29 bits per heavy atom. The number of hydrogen-bond acceptors (Lipinski definition) is 5. The number of fused-ring (bicyclic) bond motifs is 1. The third-order valence-electron chi connectivity index (χ3n) is 4.95. The van der Waals surface area contributed by atoms with Crippen LogP contribution >= 0.6 is 0 Å². The smallest absolute Gasteiger partial charge is 0.258 e. The summed E-state index contributed by atoms with van der Waals surface area (Å²) >= 11 is 0. The summed E-state index contributed by atoms with van der Waals surface area (Å²) in [6, 6.07) is 1.52. The van der Waals surface area contributed by atoms with Crippen LogP contribution in [-0.2, 0) is 17.7 Å². The van der Waals surface area contributed by atoms with Crippen molar-refractivity contribution in [2.45, 2.75) is 38.8 Å². The van der Waals surface area contributed by atoms with Gasteiger partial charge in [-0.15, -0.1) is 5.10 Å². The Morgan fingerprint density at radius 1 is 1.46 bits per heavy atom. The Bertz CT molecular complexity index is 747. The molecule has 1 saturated carbocycles. The molecule has 128 valence electrons. The van der Waals surface area contributed by atoms with Crippen LogP contribution in [0.3, 0.4) is 0 Å². The quantitative estimate of drug-likeness (QED) is 0.838. The molecule has 1 aliphatic carbocycles. The van der Waals surface area contributed by atoms with E-state index in [1.54, 1.807) is 26.4 Å². The van der Waals surface area contributed by atoms with Gasteiger partial charge in [-0.05, 0) is 31.7 Å². The summed E-state index contributed by atoms with van der Waals surface area (Å²) in [5.41, 5.74) is 2.63. The average molecular weight is 330 g/mol. The lowest BCUT2D eigenvalue weighted by molar-refractivity contribution is 0.0488. The highest BCUT2D eigenvalue weighted by atomic mass is 16.5. The molecule has 1 fully saturated rings. The standard InChI is InChI=1S/C17H22N4O3/c1-11-13(6-8-24-11)17(22)20-7-5-14-16(15(20)10-23-2)18-19-21(14)9-12-3-4-12/h6,8,12,15H,3-5,7,9-10H2,1-2H3/t15-/m0/s1. The van der Waals surface area contributed by atoms with E-state index in [-0.39, 0.29) is 11.9 Å². The molecule has 0 spiro atoms. The second kappa shape index (κ2) is 6.05. The van der Waals surface area contributed by atoms with Crippen LogP contribution in [0, 0.1) is 12.8 Å². The van der Waals surface area contributed by atoms with Gasteiger partial charge in [0.25, 0.3) is 5.91 Å². The van der Waals surface area contributed by atoms with Crippen molar-refractivity contribution >= 4 is 5.91 Å². The first-order valence-corrected chi connectivity index (χ1v) is 8.45. The van der Waals surface area contributed by atoms with Crippen LogP contribution in [0.2, 0.25) is 0 Å². The second-order valence-corrected chi connectivity index (χ2v) is 6.66. The number of ether oxygens (including phenoxy) is 1. The molecule has 1 aliphatic heterocycles. The Kier molecular flexibility index (Phi) is 3.88. The Morgan fingerprint density at radius 3 is 2.96 bits per heavy atom. The normalized spacial score (nSPS) is 20.2. The first-order valence-electron chi connectivity index (χ1n) is 8.45. The summed E-state index contributed by atoms with van der Waals surface area (Å²) in [5.74, 6) is 1.34. The number of carbonyl (C=O) groups excluding carboxylic acids is 1. The van der Waals surface area contributed by atoms with Crippen molar-refractivity contribution in [3.63, 3.8) is 0 Å². The van der Waals surface area contributed by atoms with Gasteiger partial charge >= 0.3 is 0 Å². The van der Waals surface area contributed by atoms with Crippen molar-refractivity contribution in [2.24, 2.45) is 5.92 Å². The van der Waals surface area contributed by atoms with E-state index in [4.69, 9.17) is 9.15 Å². The van der Waals surface area contributed by atoms with Gasteiger partial charge in [0, 0.05) is 26.6 Å². The zero-order valence-corrected chi connectivity index (χ0v) is 14.1. The van der Waals surface area contributed by atoms with Crippen LogP contribution in [0.1, 0.15) is 46.4 Å². The van der Waals surface area contributed by atoms with Crippen LogP contribution < -0.4 is 0 Å². The molecule has 3 heterocycles. The molecule has 0 bridgehead atoms. The van der Waals surface area contributed by atoms with Crippen LogP contribution in [0.25, 0.3) is 0 Å². The van der Waals surface area contributed by atoms with Gasteiger partial charge < -0.3 is 14.1 Å². The molecule has 0 aromatic carbocycles. The first kappa shape index (κ1) is 15.4. The monoisotopic (exact) mass is 330 g/mol. The minimum absolute atomic E-state index is 0.0364. The predicted molar refractivity (Wildman–Crippen MR) is 85.5 cm³/mol. The summed E-state index contributed by atoms with van der Waals surface area (Å²) < 4.78 is 12.7. The van der Waals surface area contributed by atoms with Crippen LogP contribution in [0.15, 0.2) is 16.7 Å². The number of hydrogen-bond donors (Lipinski definition) is 0. The predicted octanol–water partition coefficient (Wildman–Crippen LogP) is 1.98. The molecule has 2 aliphatic rings. The molecule has 0 saturated heterocycles. The zero-order valence-electron chi connectivity index (χ0n) is 14.1. The van der Waals surface area contributed by atoms with Crippen molar-refractivity contribution < 1.29 is 13.9 Å². The van der Waals surface area contributed by atoms with Gasteiger partial charge in [-0.3, -0.25) is 4.79 Å². The zero-order chi connectivity index (χ0) is 16.7. The van der Waals surface area contributed by atoms with E-state index in [0.717, 1.165) is 30.3 Å². The van der Waals surface area contributed by atoms with Gasteiger partial charge in [0.2, 0.25) is 0 Å². The van der Waals surface area contributed by atoms with E-state index in [1.165, 1.54) is 12.8 Å². The third-order valence-corrected chi connectivity index (χ3v) is 4.95. The molecule has 0 N–H and O–H groups in total. The molecular formula is C17H22N4O3. The van der Waals surface area contributed by atoms with Crippen molar-refractivity contribution in [1.29, 1.82) is 0 Å². The number of methoxy groups -OCH3 is 1. The van der Waals surface area contributed by atoms with Gasteiger partial charge in [-0.2, -0.15) is 0 Å². The Hall–Kier alpha value is -2.15. The highest BCUT2D eigenvalue weighted by Gasteiger charge is 2.36. The summed E-state index contributed by atoms with van der Waals surface area (Å²) in [4.78, 5) is 14.8. The molecule has 0 radical (unpaired) electrons. The maximum absolute atomic E-state index is 12.9. The molecule has 7 heteroatoms. The number of nitrogens with zero attached hydrogens (tertiary/aromatic N) is 4. The van der Waals surface area contributed by atoms with Crippen LogP contribution in [0.4, 0.5) is 0 Å². The Balaban J connectivity index is 1.63. The lowest BCUT2D eigenvalue weighted by atomic mass is 10.0. The number of amides is 1. The fraction of sp³-hybridized carbons (Fsp3) is 0.588.